The summed E-state index contributed by atoms with van der Waals surface area (Å²) >= 11 is 0. The van der Waals surface area contributed by atoms with Gasteiger partial charge in [-0.1, -0.05) is 18.2 Å². The standard InChI is InChI=1S/C21H21N3O4/c1-23-14-15(16-5-2-3-6-18(16)23)13-17(21(26)24-8-11-27-12-9-24)22-20(25)19-7-4-10-28-19/h2-7,10,13-14H,8-9,11-12H2,1H3,(H,22,25)/b17-13-. The highest BCUT2D eigenvalue weighted by Gasteiger charge is 2.23. The van der Waals surface area contributed by atoms with Crippen LogP contribution in [0, 0.1) is 0 Å². The van der Waals surface area contributed by atoms with E-state index in [4.69, 9.17) is 9.15 Å². The predicted octanol–water partition coefficient (Wildman–Crippen LogP) is 2.40. The van der Waals surface area contributed by atoms with Crippen molar-refractivity contribution in [2.24, 2.45) is 7.05 Å². The average molecular weight is 379 g/mol. The molecule has 1 N–H and O–H groups in total. The van der Waals surface area contributed by atoms with E-state index in [-0.39, 0.29) is 17.4 Å². The molecule has 0 spiro atoms. The van der Waals surface area contributed by atoms with Gasteiger partial charge in [-0.15, -0.1) is 0 Å². The first-order valence-corrected chi connectivity index (χ1v) is 9.11. The Morgan fingerprint density at radius 1 is 1.11 bits per heavy atom. The Kier molecular flexibility index (Phi) is 4.99. The van der Waals surface area contributed by atoms with E-state index < -0.39 is 5.91 Å². The molecule has 1 aliphatic rings. The van der Waals surface area contributed by atoms with Crippen molar-refractivity contribution < 1.29 is 18.7 Å². The number of furan rings is 1. The lowest BCUT2D eigenvalue weighted by Crippen LogP contribution is -2.44. The van der Waals surface area contributed by atoms with E-state index in [1.807, 2.05) is 42.1 Å². The lowest BCUT2D eigenvalue weighted by Gasteiger charge is -2.27. The molecule has 7 nitrogen and oxygen atoms in total. The molecule has 0 saturated carbocycles. The van der Waals surface area contributed by atoms with Crippen molar-refractivity contribution in [3.05, 3.63) is 65.9 Å². The minimum absolute atomic E-state index is 0.151. The monoisotopic (exact) mass is 379 g/mol. The van der Waals surface area contributed by atoms with Gasteiger partial charge in [0.2, 0.25) is 0 Å². The smallest absolute Gasteiger partial charge is 0.291 e. The quantitative estimate of drug-likeness (QED) is 0.707. The fraction of sp³-hybridized carbons (Fsp3) is 0.238. The van der Waals surface area contributed by atoms with Crippen LogP contribution < -0.4 is 5.32 Å². The molecule has 0 atom stereocenters. The first kappa shape index (κ1) is 18.1. The molecule has 28 heavy (non-hydrogen) atoms. The molecule has 1 fully saturated rings. The number of carbonyl (C=O) groups excluding carboxylic acids is 2. The maximum absolute atomic E-state index is 13.1. The Labute approximate surface area is 162 Å². The van der Waals surface area contributed by atoms with Crippen LogP contribution in [0.1, 0.15) is 16.1 Å². The van der Waals surface area contributed by atoms with Crippen molar-refractivity contribution in [3.63, 3.8) is 0 Å². The number of morpholine rings is 1. The van der Waals surface area contributed by atoms with Gasteiger partial charge in [-0.25, -0.2) is 0 Å². The van der Waals surface area contributed by atoms with Gasteiger partial charge in [0.1, 0.15) is 5.70 Å². The first-order valence-electron chi connectivity index (χ1n) is 9.11. The number of aromatic nitrogens is 1. The summed E-state index contributed by atoms with van der Waals surface area (Å²) in [6.07, 6.45) is 5.09. The molecule has 2 aromatic heterocycles. The average Bonchev–Trinajstić information content (AvgIpc) is 3.37. The summed E-state index contributed by atoms with van der Waals surface area (Å²) in [5.74, 6) is -0.548. The molecule has 7 heteroatoms. The van der Waals surface area contributed by atoms with Crippen LogP contribution in [0.4, 0.5) is 0 Å². The third-order valence-electron chi connectivity index (χ3n) is 4.75. The van der Waals surface area contributed by atoms with E-state index in [9.17, 15) is 9.59 Å². The third-order valence-corrected chi connectivity index (χ3v) is 4.75. The minimum Gasteiger partial charge on any atom is -0.459 e. The zero-order valence-electron chi connectivity index (χ0n) is 15.6. The largest absolute Gasteiger partial charge is 0.459 e. The SMILES string of the molecule is Cn1cc(/C=C(\NC(=O)c2ccco2)C(=O)N2CCOCC2)c2ccccc21. The molecule has 1 saturated heterocycles. The van der Waals surface area contributed by atoms with Crippen LogP contribution >= 0.6 is 0 Å². The summed E-state index contributed by atoms with van der Waals surface area (Å²) in [7, 11) is 1.95. The van der Waals surface area contributed by atoms with E-state index in [0.29, 0.717) is 26.3 Å². The Bertz CT molecular complexity index is 1030. The zero-order chi connectivity index (χ0) is 19.5. The molecule has 3 heterocycles. The number of ether oxygens (including phenoxy) is 1. The zero-order valence-corrected chi connectivity index (χ0v) is 15.6. The van der Waals surface area contributed by atoms with Crippen molar-refractivity contribution in [1.82, 2.24) is 14.8 Å². The van der Waals surface area contributed by atoms with Gasteiger partial charge in [-0.2, -0.15) is 0 Å². The number of amides is 2. The summed E-state index contributed by atoms with van der Waals surface area (Å²) in [4.78, 5) is 27.3. The van der Waals surface area contributed by atoms with Gasteiger partial charge in [0.15, 0.2) is 5.76 Å². The fourth-order valence-electron chi connectivity index (χ4n) is 3.32. The normalized spacial score (nSPS) is 15.0. The number of aryl methyl sites for hydroxylation is 1. The lowest BCUT2D eigenvalue weighted by molar-refractivity contribution is -0.131. The van der Waals surface area contributed by atoms with E-state index in [0.717, 1.165) is 16.5 Å². The van der Waals surface area contributed by atoms with Gasteiger partial charge < -0.3 is 23.9 Å². The van der Waals surface area contributed by atoms with Crippen molar-refractivity contribution in [2.75, 3.05) is 26.3 Å². The van der Waals surface area contributed by atoms with Gasteiger partial charge in [0.25, 0.3) is 11.8 Å². The number of hydrogen-bond donors (Lipinski definition) is 1. The van der Waals surface area contributed by atoms with Crippen LogP contribution in [0.25, 0.3) is 17.0 Å². The van der Waals surface area contributed by atoms with Gasteiger partial charge >= 0.3 is 0 Å². The molecular formula is C21H21N3O4. The minimum atomic E-state index is -0.460. The molecule has 0 unspecified atom stereocenters. The first-order chi connectivity index (χ1) is 13.6. The molecule has 0 aliphatic carbocycles. The molecule has 1 aliphatic heterocycles. The summed E-state index contributed by atoms with van der Waals surface area (Å²) in [6.45, 7) is 1.95. The molecule has 0 radical (unpaired) electrons. The van der Waals surface area contributed by atoms with E-state index in [1.54, 1.807) is 23.1 Å². The Balaban J connectivity index is 1.71. The van der Waals surface area contributed by atoms with Crippen LogP contribution in [-0.2, 0) is 16.6 Å². The second-order valence-corrected chi connectivity index (χ2v) is 6.61. The van der Waals surface area contributed by atoms with Crippen LogP contribution in [-0.4, -0.2) is 47.6 Å². The van der Waals surface area contributed by atoms with Crippen LogP contribution in [0.2, 0.25) is 0 Å². The van der Waals surface area contributed by atoms with Crippen molar-refractivity contribution in [1.29, 1.82) is 0 Å². The second kappa shape index (κ2) is 7.74. The van der Waals surface area contributed by atoms with Crippen molar-refractivity contribution in [3.8, 4) is 0 Å². The summed E-state index contributed by atoms with van der Waals surface area (Å²) in [6, 6.07) is 11.1. The summed E-state index contributed by atoms with van der Waals surface area (Å²) in [5.41, 5.74) is 2.11. The Hall–Kier alpha value is -3.32. The van der Waals surface area contributed by atoms with E-state index in [2.05, 4.69) is 5.32 Å². The van der Waals surface area contributed by atoms with Gasteiger partial charge in [-0.3, -0.25) is 9.59 Å². The molecule has 4 rings (SSSR count). The van der Waals surface area contributed by atoms with E-state index in [1.165, 1.54) is 6.26 Å². The van der Waals surface area contributed by atoms with Crippen molar-refractivity contribution in [2.45, 2.75) is 0 Å². The number of carbonyl (C=O) groups is 2. The highest BCUT2D eigenvalue weighted by Crippen LogP contribution is 2.23. The molecule has 2 amide bonds. The van der Waals surface area contributed by atoms with Gasteiger partial charge in [0, 0.05) is 42.8 Å². The maximum atomic E-state index is 13.1. The van der Waals surface area contributed by atoms with Gasteiger partial charge in [0.05, 0.1) is 19.5 Å². The second-order valence-electron chi connectivity index (χ2n) is 6.61. The molecule has 144 valence electrons. The predicted molar refractivity (Wildman–Crippen MR) is 104 cm³/mol. The lowest BCUT2D eigenvalue weighted by atomic mass is 10.1. The number of benzene rings is 1. The van der Waals surface area contributed by atoms with Gasteiger partial charge in [-0.05, 0) is 24.3 Å². The molecule has 1 aromatic carbocycles. The Morgan fingerprint density at radius 3 is 2.64 bits per heavy atom. The number of rotatable bonds is 4. The Morgan fingerprint density at radius 2 is 1.89 bits per heavy atom. The van der Waals surface area contributed by atoms with Crippen LogP contribution in [0.15, 0.2) is 59.0 Å². The number of fused-ring (bicyclic) bond motifs is 1. The molecule has 3 aromatic rings. The highest BCUT2D eigenvalue weighted by molar-refractivity contribution is 6.05. The molecule has 0 bridgehead atoms. The number of nitrogens with zero attached hydrogens (tertiary/aromatic N) is 2. The number of para-hydroxylation sites is 1. The van der Waals surface area contributed by atoms with Crippen LogP contribution in [0.5, 0.6) is 0 Å². The summed E-state index contributed by atoms with van der Waals surface area (Å²) < 4.78 is 12.5. The molecular weight excluding hydrogens is 358 g/mol. The highest BCUT2D eigenvalue weighted by atomic mass is 16.5. The van der Waals surface area contributed by atoms with E-state index >= 15 is 0 Å². The number of nitrogens with one attached hydrogen (secondary N) is 1. The topological polar surface area (TPSA) is 76.7 Å². The maximum Gasteiger partial charge on any atom is 0.291 e. The summed E-state index contributed by atoms with van der Waals surface area (Å²) in [5, 5.41) is 3.73. The van der Waals surface area contributed by atoms with Crippen LogP contribution in [0.3, 0.4) is 0 Å². The fourth-order valence-corrected chi connectivity index (χ4v) is 3.32. The van der Waals surface area contributed by atoms with Crippen molar-refractivity contribution >= 4 is 28.8 Å². The third kappa shape index (κ3) is 3.57. The number of hydrogen-bond acceptors (Lipinski definition) is 4.